The van der Waals surface area contributed by atoms with E-state index in [0.717, 1.165) is 12.1 Å². The Morgan fingerprint density at radius 2 is 1.77 bits per heavy atom. The summed E-state index contributed by atoms with van der Waals surface area (Å²) in [5.41, 5.74) is -1.47. The number of hydrogen-bond acceptors (Lipinski definition) is 3. The molecule has 0 saturated carbocycles. The number of halogens is 3. The number of hydrogen-bond donors (Lipinski definition) is 1. The van der Waals surface area contributed by atoms with Gasteiger partial charge in [-0.05, 0) is 24.6 Å². The fraction of sp³-hybridized carbons (Fsp3) is 0.471. The van der Waals surface area contributed by atoms with Crippen LogP contribution >= 0.6 is 0 Å². The van der Waals surface area contributed by atoms with Gasteiger partial charge in [0, 0.05) is 6.92 Å². The lowest BCUT2D eigenvalue weighted by atomic mass is 9.82. The Kier molecular flexibility index (Phi) is 4.20. The van der Waals surface area contributed by atoms with Crippen LogP contribution in [0.25, 0.3) is 0 Å². The van der Waals surface area contributed by atoms with Gasteiger partial charge >= 0.3 is 6.18 Å². The van der Waals surface area contributed by atoms with Crippen LogP contribution in [0.4, 0.5) is 13.2 Å². The summed E-state index contributed by atoms with van der Waals surface area (Å²) in [6.07, 6.45) is -4.44. The van der Waals surface area contributed by atoms with Crippen molar-refractivity contribution in [3.8, 4) is 0 Å². The predicted octanol–water partition coefficient (Wildman–Crippen LogP) is 1.33. The Labute approximate surface area is 147 Å². The summed E-state index contributed by atoms with van der Waals surface area (Å²) in [5, 5.41) is 2.53. The van der Waals surface area contributed by atoms with Gasteiger partial charge < -0.3 is 15.1 Å². The molecule has 1 N–H and O–H groups in total. The number of amides is 3. The summed E-state index contributed by atoms with van der Waals surface area (Å²) < 4.78 is 38.2. The lowest BCUT2D eigenvalue weighted by Crippen LogP contribution is -2.80. The van der Waals surface area contributed by atoms with E-state index in [1.54, 1.807) is 6.92 Å². The molecule has 0 aromatic heterocycles. The maximum atomic E-state index is 12.7. The minimum Gasteiger partial charge on any atom is -0.345 e. The van der Waals surface area contributed by atoms with Crippen LogP contribution in [0.3, 0.4) is 0 Å². The minimum atomic E-state index is -4.44. The molecule has 140 valence electrons. The topological polar surface area (TPSA) is 69.7 Å². The number of carbonyl (C=O) groups excluding carboxylic acids is 3. The highest BCUT2D eigenvalue weighted by Crippen LogP contribution is 2.38. The molecule has 2 heterocycles. The SMILES string of the molecule is CC(=O)N1CC2(C1)C(=O)NCC(=O)N2[C@@H](C)c1ccc(C(F)(F)F)cc1. The van der Waals surface area contributed by atoms with Crippen LogP contribution in [0.15, 0.2) is 24.3 Å². The Morgan fingerprint density at radius 3 is 2.27 bits per heavy atom. The Morgan fingerprint density at radius 1 is 1.19 bits per heavy atom. The normalized spacial score (nSPS) is 20.7. The van der Waals surface area contributed by atoms with Crippen LogP contribution in [0.5, 0.6) is 0 Å². The third-order valence-electron chi connectivity index (χ3n) is 5.01. The van der Waals surface area contributed by atoms with E-state index in [2.05, 4.69) is 5.32 Å². The maximum absolute atomic E-state index is 12.7. The zero-order valence-electron chi connectivity index (χ0n) is 14.3. The van der Waals surface area contributed by atoms with Crippen LogP contribution in [-0.2, 0) is 20.6 Å². The first-order valence-electron chi connectivity index (χ1n) is 8.09. The molecular weight excluding hydrogens is 351 g/mol. The summed E-state index contributed by atoms with van der Waals surface area (Å²) >= 11 is 0. The van der Waals surface area contributed by atoms with Gasteiger partial charge in [0.2, 0.25) is 17.7 Å². The van der Waals surface area contributed by atoms with Crippen molar-refractivity contribution in [2.75, 3.05) is 19.6 Å². The first kappa shape index (κ1) is 18.2. The number of likely N-dealkylation sites (tertiary alicyclic amines) is 1. The summed E-state index contributed by atoms with van der Waals surface area (Å²) in [5.74, 6) is -0.892. The van der Waals surface area contributed by atoms with Gasteiger partial charge in [-0.3, -0.25) is 14.4 Å². The molecule has 0 aliphatic carbocycles. The van der Waals surface area contributed by atoms with E-state index < -0.39 is 23.3 Å². The van der Waals surface area contributed by atoms with E-state index in [9.17, 15) is 27.6 Å². The van der Waals surface area contributed by atoms with E-state index in [1.807, 2.05) is 0 Å². The van der Waals surface area contributed by atoms with E-state index in [4.69, 9.17) is 0 Å². The summed E-state index contributed by atoms with van der Waals surface area (Å²) in [6.45, 7) is 3.01. The number of rotatable bonds is 2. The smallest absolute Gasteiger partial charge is 0.345 e. The first-order chi connectivity index (χ1) is 12.1. The summed E-state index contributed by atoms with van der Waals surface area (Å²) in [4.78, 5) is 39.3. The number of benzene rings is 1. The van der Waals surface area contributed by atoms with E-state index >= 15 is 0 Å². The van der Waals surface area contributed by atoms with E-state index in [-0.39, 0.29) is 37.4 Å². The number of alkyl halides is 3. The molecule has 2 saturated heterocycles. The van der Waals surface area contributed by atoms with Crippen LogP contribution < -0.4 is 5.32 Å². The molecular formula is C17H18F3N3O3. The van der Waals surface area contributed by atoms with Gasteiger partial charge in [-0.2, -0.15) is 13.2 Å². The average molecular weight is 369 g/mol. The van der Waals surface area contributed by atoms with Gasteiger partial charge in [0.1, 0.15) is 0 Å². The molecule has 3 amide bonds. The molecule has 26 heavy (non-hydrogen) atoms. The molecule has 1 aromatic carbocycles. The van der Waals surface area contributed by atoms with Crippen molar-refractivity contribution in [3.63, 3.8) is 0 Å². The van der Waals surface area contributed by atoms with E-state index in [1.165, 1.54) is 28.9 Å². The zero-order chi connectivity index (χ0) is 19.3. The van der Waals surface area contributed by atoms with Crippen molar-refractivity contribution in [2.24, 2.45) is 0 Å². The zero-order valence-corrected chi connectivity index (χ0v) is 14.3. The molecule has 1 aromatic rings. The quantitative estimate of drug-likeness (QED) is 0.855. The van der Waals surface area contributed by atoms with Gasteiger partial charge in [-0.1, -0.05) is 12.1 Å². The number of piperazine rings is 1. The predicted molar refractivity (Wildman–Crippen MR) is 84.7 cm³/mol. The van der Waals surface area contributed by atoms with Gasteiger partial charge in [0.05, 0.1) is 31.2 Å². The van der Waals surface area contributed by atoms with Gasteiger partial charge in [0.25, 0.3) is 0 Å². The first-order valence-corrected chi connectivity index (χ1v) is 8.09. The minimum absolute atomic E-state index is 0.0743. The highest BCUT2D eigenvalue weighted by atomic mass is 19.4. The van der Waals surface area contributed by atoms with Crippen molar-refractivity contribution in [2.45, 2.75) is 31.6 Å². The van der Waals surface area contributed by atoms with Crippen LogP contribution in [0.1, 0.15) is 31.0 Å². The van der Waals surface area contributed by atoms with Crippen molar-refractivity contribution in [1.29, 1.82) is 0 Å². The molecule has 0 bridgehead atoms. The summed E-state index contributed by atoms with van der Waals surface area (Å²) in [7, 11) is 0. The molecule has 2 fully saturated rings. The van der Waals surface area contributed by atoms with Crippen molar-refractivity contribution < 1.29 is 27.6 Å². The fourth-order valence-electron chi connectivity index (χ4n) is 3.54. The number of carbonyl (C=O) groups is 3. The monoisotopic (exact) mass is 369 g/mol. The van der Waals surface area contributed by atoms with Crippen molar-refractivity contribution in [3.05, 3.63) is 35.4 Å². The Bertz CT molecular complexity index is 755. The second kappa shape index (κ2) is 6.00. The van der Waals surface area contributed by atoms with Crippen molar-refractivity contribution >= 4 is 17.7 Å². The molecule has 3 rings (SSSR count). The average Bonchev–Trinajstić information content (AvgIpc) is 2.53. The third-order valence-corrected chi connectivity index (χ3v) is 5.01. The fourth-order valence-corrected chi connectivity index (χ4v) is 3.54. The highest BCUT2D eigenvalue weighted by molar-refractivity contribution is 6.00. The molecule has 0 unspecified atom stereocenters. The van der Waals surface area contributed by atoms with Gasteiger partial charge in [-0.15, -0.1) is 0 Å². The van der Waals surface area contributed by atoms with Crippen LogP contribution in [-0.4, -0.2) is 52.7 Å². The van der Waals surface area contributed by atoms with Gasteiger partial charge in [0.15, 0.2) is 5.54 Å². The second-order valence-corrected chi connectivity index (χ2v) is 6.65. The molecule has 1 atom stereocenters. The summed E-state index contributed by atoms with van der Waals surface area (Å²) in [6, 6.07) is 3.92. The van der Waals surface area contributed by atoms with Gasteiger partial charge in [-0.25, -0.2) is 0 Å². The maximum Gasteiger partial charge on any atom is 0.416 e. The number of nitrogens with zero attached hydrogens (tertiary/aromatic N) is 2. The van der Waals surface area contributed by atoms with Crippen LogP contribution in [0, 0.1) is 0 Å². The molecule has 1 spiro atoms. The third kappa shape index (κ3) is 2.81. The molecule has 2 aliphatic heterocycles. The largest absolute Gasteiger partial charge is 0.416 e. The molecule has 2 aliphatic rings. The van der Waals surface area contributed by atoms with Crippen LogP contribution in [0.2, 0.25) is 0 Å². The second-order valence-electron chi connectivity index (χ2n) is 6.65. The lowest BCUT2D eigenvalue weighted by molar-refractivity contribution is -0.174. The molecule has 0 radical (unpaired) electrons. The Hall–Kier alpha value is -2.58. The highest BCUT2D eigenvalue weighted by Gasteiger charge is 2.59. The standard InChI is InChI=1S/C17H18F3N3O3/c1-10(12-3-5-13(6-4-12)17(18,19)20)23-14(25)7-21-15(26)16(23)8-22(9-16)11(2)24/h3-6,10H,7-9H2,1-2H3,(H,21,26)/t10-/m0/s1. The van der Waals surface area contributed by atoms with E-state index in [0.29, 0.717) is 5.56 Å². The molecule has 9 heteroatoms. The molecule has 6 nitrogen and oxygen atoms in total. The lowest BCUT2D eigenvalue weighted by Gasteiger charge is -2.57. The van der Waals surface area contributed by atoms with Crippen molar-refractivity contribution in [1.82, 2.24) is 15.1 Å². The Balaban J connectivity index is 1.90. The number of nitrogens with one attached hydrogen (secondary N) is 1.